The average Bonchev–Trinajstić information content (AvgIpc) is 2.28. The van der Waals surface area contributed by atoms with Gasteiger partial charge in [-0.15, -0.1) is 0 Å². The van der Waals surface area contributed by atoms with Crippen molar-refractivity contribution in [2.45, 2.75) is 53.1 Å². The topological polar surface area (TPSA) is 26.3 Å². The first-order valence-corrected chi connectivity index (χ1v) is 8.03. The van der Waals surface area contributed by atoms with Crippen molar-refractivity contribution in [2.24, 2.45) is 11.3 Å². The predicted molar refractivity (Wildman–Crippen MR) is 85.4 cm³/mol. The number of Topliss-reactive ketones (excluding diaryl/α,β-unsaturated/α-hetero) is 1. The minimum Gasteiger partial charge on any atom is -0.489 e. The number of hydrogen-bond donors (Lipinski definition) is 0. The minimum absolute atomic E-state index is 0.0738. The fraction of sp³-hybridized carbons (Fsp3) is 0.588. The molecule has 1 aliphatic carbocycles. The second-order valence-corrected chi connectivity index (χ2v) is 7.71. The number of rotatable bonds is 3. The van der Waals surface area contributed by atoms with Gasteiger partial charge in [0.2, 0.25) is 0 Å². The Hall–Kier alpha value is -0.830. The summed E-state index contributed by atoms with van der Waals surface area (Å²) >= 11 is 3.51. The van der Waals surface area contributed by atoms with Gasteiger partial charge in [-0.25, -0.2) is 0 Å². The maximum absolute atomic E-state index is 11.4. The lowest BCUT2D eigenvalue weighted by atomic mass is 9.71. The van der Waals surface area contributed by atoms with E-state index in [4.69, 9.17) is 4.74 Å². The molecule has 0 bridgehead atoms. The van der Waals surface area contributed by atoms with Crippen LogP contribution in [0.1, 0.15) is 57.3 Å². The van der Waals surface area contributed by atoms with Gasteiger partial charge in [0, 0.05) is 5.56 Å². The van der Waals surface area contributed by atoms with Crippen LogP contribution in [0.15, 0.2) is 22.7 Å². The van der Waals surface area contributed by atoms with Crippen LogP contribution in [0.5, 0.6) is 5.75 Å². The van der Waals surface area contributed by atoms with Crippen molar-refractivity contribution in [2.75, 3.05) is 0 Å². The highest BCUT2D eigenvalue weighted by Gasteiger charge is 2.33. The monoisotopic (exact) mass is 338 g/mol. The van der Waals surface area contributed by atoms with Crippen molar-refractivity contribution in [3.05, 3.63) is 28.2 Å². The summed E-state index contributed by atoms with van der Waals surface area (Å²) in [5.41, 5.74) is 1.05. The van der Waals surface area contributed by atoms with Crippen LogP contribution in [0.3, 0.4) is 0 Å². The summed E-state index contributed by atoms with van der Waals surface area (Å²) in [6.45, 7) is 8.50. The van der Waals surface area contributed by atoms with Gasteiger partial charge in [0.1, 0.15) is 5.75 Å². The molecule has 1 fully saturated rings. The fourth-order valence-electron chi connectivity index (χ4n) is 3.34. The Morgan fingerprint density at radius 2 is 2.05 bits per heavy atom. The van der Waals surface area contributed by atoms with Gasteiger partial charge in [-0.2, -0.15) is 0 Å². The maximum atomic E-state index is 11.4. The molecule has 2 unspecified atom stereocenters. The van der Waals surface area contributed by atoms with E-state index in [0.717, 1.165) is 23.1 Å². The molecule has 0 amide bonds. The number of ether oxygens (including phenoxy) is 1. The molecule has 1 aromatic carbocycles. The third-order valence-electron chi connectivity index (χ3n) is 3.98. The molecule has 2 nitrogen and oxygen atoms in total. The Morgan fingerprint density at radius 3 is 2.60 bits per heavy atom. The molecule has 1 aromatic rings. The molecule has 110 valence electrons. The van der Waals surface area contributed by atoms with Gasteiger partial charge in [-0.3, -0.25) is 4.79 Å². The minimum atomic E-state index is 0.0738. The van der Waals surface area contributed by atoms with E-state index < -0.39 is 0 Å². The van der Waals surface area contributed by atoms with Crippen LogP contribution in [-0.4, -0.2) is 11.9 Å². The van der Waals surface area contributed by atoms with Gasteiger partial charge in [0.15, 0.2) is 5.78 Å². The molecular weight excluding hydrogens is 316 g/mol. The highest BCUT2D eigenvalue weighted by molar-refractivity contribution is 9.10. The Bertz CT molecular complexity index is 508. The second kappa shape index (κ2) is 5.88. The molecule has 1 aliphatic rings. The summed E-state index contributed by atoms with van der Waals surface area (Å²) in [7, 11) is 0. The van der Waals surface area contributed by atoms with E-state index in [9.17, 15) is 4.79 Å². The first-order valence-electron chi connectivity index (χ1n) is 7.24. The number of benzene rings is 1. The van der Waals surface area contributed by atoms with Crippen LogP contribution in [0.25, 0.3) is 0 Å². The van der Waals surface area contributed by atoms with Crippen LogP contribution >= 0.6 is 15.9 Å². The van der Waals surface area contributed by atoms with Gasteiger partial charge >= 0.3 is 0 Å². The molecule has 0 heterocycles. The van der Waals surface area contributed by atoms with Crippen molar-refractivity contribution >= 4 is 21.7 Å². The van der Waals surface area contributed by atoms with Crippen molar-refractivity contribution < 1.29 is 9.53 Å². The highest BCUT2D eigenvalue weighted by Crippen LogP contribution is 2.40. The lowest BCUT2D eigenvalue weighted by Crippen LogP contribution is -2.34. The average molecular weight is 339 g/mol. The van der Waals surface area contributed by atoms with Crippen molar-refractivity contribution in [3.8, 4) is 5.75 Å². The van der Waals surface area contributed by atoms with Crippen LogP contribution in [0.2, 0.25) is 0 Å². The van der Waals surface area contributed by atoms with E-state index in [-0.39, 0.29) is 11.9 Å². The van der Waals surface area contributed by atoms with Gasteiger partial charge in [-0.05, 0) is 71.6 Å². The van der Waals surface area contributed by atoms with E-state index in [1.165, 1.54) is 6.42 Å². The van der Waals surface area contributed by atoms with Crippen LogP contribution < -0.4 is 4.74 Å². The van der Waals surface area contributed by atoms with Gasteiger partial charge in [0.05, 0.1) is 10.6 Å². The van der Waals surface area contributed by atoms with Crippen LogP contribution in [0.4, 0.5) is 0 Å². The maximum Gasteiger partial charge on any atom is 0.159 e. The summed E-state index contributed by atoms with van der Waals surface area (Å²) in [6.07, 6.45) is 3.70. The van der Waals surface area contributed by atoms with Crippen molar-refractivity contribution in [3.63, 3.8) is 0 Å². The van der Waals surface area contributed by atoms with Gasteiger partial charge in [-0.1, -0.05) is 20.8 Å². The third-order valence-corrected chi connectivity index (χ3v) is 4.60. The Morgan fingerprint density at radius 1 is 1.35 bits per heavy atom. The van der Waals surface area contributed by atoms with E-state index in [1.54, 1.807) is 6.92 Å². The fourth-order valence-corrected chi connectivity index (χ4v) is 3.82. The predicted octanol–water partition coefficient (Wildman–Crippen LogP) is 5.25. The zero-order valence-electron chi connectivity index (χ0n) is 12.7. The molecule has 0 aliphatic heterocycles. The number of halogens is 1. The molecular formula is C17H23BrO2. The number of ketones is 1. The SMILES string of the molecule is CC(=O)c1ccc(OC2CC(C)CC(C)(C)C2)c(Br)c1. The standard InChI is InChI=1S/C17H23BrO2/c1-11-7-14(10-17(3,4)9-11)20-16-6-5-13(12(2)19)8-15(16)18/h5-6,8,11,14H,7,9-10H2,1-4H3. The van der Waals surface area contributed by atoms with Crippen LogP contribution in [0, 0.1) is 11.3 Å². The Balaban J connectivity index is 2.12. The normalized spacial score (nSPS) is 25.2. The van der Waals surface area contributed by atoms with E-state index in [2.05, 4.69) is 36.7 Å². The molecule has 0 N–H and O–H groups in total. The zero-order chi connectivity index (χ0) is 14.9. The van der Waals surface area contributed by atoms with E-state index in [1.807, 2.05) is 18.2 Å². The van der Waals surface area contributed by atoms with Crippen LogP contribution in [-0.2, 0) is 0 Å². The van der Waals surface area contributed by atoms with Crippen molar-refractivity contribution in [1.82, 2.24) is 0 Å². The smallest absolute Gasteiger partial charge is 0.159 e. The molecule has 0 radical (unpaired) electrons. The third kappa shape index (κ3) is 3.85. The second-order valence-electron chi connectivity index (χ2n) is 6.85. The molecule has 1 saturated carbocycles. The summed E-state index contributed by atoms with van der Waals surface area (Å²) < 4.78 is 7.03. The largest absolute Gasteiger partial charge is 0.489 e. The Kier molecular flexibility index (Phi) is 4.58. The summed E-state index contributed by atoms with van der Waals surface area (Å²) in [5.74, 6) is 1.61. The summed E-state index contributed by atoms with van der Waals surface area (Å²) in [6, 6.07) is 5.57. The molecule has 2 rings (SSSR count). The summed E-state index contributed by atoms with van der Waals surface area (Å²) in [4.78, 5) is 11.4. The molecule has 0 saturated heterocycles. The molecule has 0 aromatic heterocycles. The Labute approximate surface area is 130 Å². The quantitative estimate of drug-likeness (QED) is 0.704. The highest BCUT2D eigenvalue weighted by atomic mass is 79.9. The lowest BCUT2D eigenvalue weighted by molar-refractivity contribution is 0.0557. The molecule has 0 spiro atoms. The molecule has 20 heavy (non-hydrogen) atoms. The van der Waals surface area contributed by atoms with E-state index in [0.29, 0.717) is 16.9 Å². The molecule has 3 heteroatoms. The first kappa shape index (κ1) is 15.6. The zero-order valence-corrected chi connectivity index (χ0v) is 14.3. The lowest BCUT2D eigenvalue weighted by Gasteiger charge is -2.39. The number of hydrogen-bond acceptors (Lipinski definition) is 2. The summed E-state index contributed by atoms with van der Waals surface area (Å²) in [5, 5.41) is 0. The van der Waals surface area contributed by atoms with Gasteiger partial charge < -0.3 is 4.74 Å². The molecule has 2 atom stereocenters. The van der Waals surface area contributed by atoms with Gasteiger partial charge in [0.25, 0.3) is 0 Å². The number of carbonyl (C=O) groups excluding carboxylic acids is 1. The van der Waals surface area contributed by atoms with E-state index >= 15 is 0 Å². The first-order chi connectivity index (χ1) is 9.27. The number of carbonyl (C=O) groups is 1. The van der Waals surface area contributed by atoms with Crippen molar-refractivity contribution in [1.29, 1.82) is 0 Å².